The SMILES string of the molecule is CN(C)C(=O)c1c[nH]c2ncnc(Nc3cc4c(cc3F)CN=C4)c12.O=C(O)c1c[nH]c2ncnc(Nc3cc4c(cc3F)CN=C4)c12. The van der Waals surface area contributed by atoms with E-state index in [1.807, 2.05) is 0 Å². The van der Waals surface area contributed by atoms with Crippen molar-refractivity contribution in [1.29, 1.82) is 0 Å². The van der Waals surface area contributed by atoms with Gasteiger partial charge in [-0.1, -0.05) is 0 Å². The molecule has 48 heavy (non-hydrogen) atoms. The number of hydrogen-bond acceptors (Lipinski definition) is 10. The van der Waals surface area contributed by atoms with E-state index in [0.29, 0.717) is 46.5 Å². The van der Waals surface area contributed by atoms with Crippen LogP contribution in [0.4, 0.5) is 31.8 Å². The second kappa shape index (κ2) is 12.0. The van der Waals surface area contributed by atoms with Crippen molar-refractivity contribution in [3.05, 3.63) is 94.3 Å². The number of aromatic nitrogens is 6. The van der Waals surface area contributed by atoms with Gasteiger partial charge >= 0.3 is 5.97 Å². The first-order valence-electron chi connectivity index (χ1n) is 14.5. The van der Waals surface area contributed by atoms with E-state index in [9.17, 15) is 23.5 Å². The molecule has 6 aromatic rings. The molecule has 240 valence electrons. The Balaban J connectivity index is 0.000000152. The highest BCUT2D eigenvalue weighted by Gasteiger charge is 2.21. The van der Waals surface area contributed by atoms with Crippen LogP contribution in [0, 0.1) is 11.6 Å². The van der Waals surface area contributed by atoms with Crippen molar-refractivity contribution in [2.75, 3.05) is 24.7 Å². The number of nitrogens with zero attached hydrogens (tertiary/aromatic N) is 7. The lowest BCUT2D eigenvalue weighted by Crippen LogP contribution is -2.21. The van der Waals surface area contributed by atoms with E-state index >= 15 is 0 Å². The van der Waals surface area contributed by atoms with Gasteiger partial charge in [0.05, 0.1) is 46.4 Å². The number of aromatic amines is 2. The zero-order chi connectivity index (χ0) is 33.5. The summed E-state index contributed by atoms with van der Waals surface area (Å²) in [6.45, 7) is 0.953. The number of carboxylic acids is 1. The number of nitrogens with one attached hydrogen (secondary N) is 4. The second-order valence-corrected chi connectivity index (χ2v) is 11.1. The molecule has 16 heteroatoms. The number of carbonyl (C=O) groups excluding carboxylic acids is 1. The van der Waals surface area contributed by atoms with Crippen LogP contribution in [0.1, 0.15) is 43.0 Å². The maximum absolute atomic E-state index is 14.4. The number of hydrogen-bond donors (Lipinski definition) is 5. The summed E-state index contributed by atoms with van der Waals surface area (Å²) in [4.78, 5) is 55.5. The summed E-state index contributed by atoms with van der Waals surface area (Å²) in [5.74, 6) is -1.56. The largest absolute Gasteiger partial charge is 0.478 e. The molecule has 5 N–H and O–H groups in total. The number of carbonyl (C=O) groups is 2. The van der Waals surface area contributed by atoms with Crippen LogP contribution in [0.3, 0.4) is 0 Å². The number of anilines is 4. The van der Waals surface area contributed by atoms with Crippen LogP contribution in [0.15, 0.2) is 59.3 Å². The standard InChI is InChI=1S/C17H15FN6O.C15H10FN5O2/c1-24(2)17(25)11-7-20-15-14(11)16(22-8-21-15)23-13-4-10-6-19-5-9(10)3-12(13)18;16-10-1-7-3-17-4-8(7)2-11(10)21-14-12-9(15(22)23)5-18-13(12)19-6-20-14/h3-4,6-8H,5H2,1-2H3,(H2,20,21,22,23);1-2,4-6H,3H2,(H,22,23)(H2,18,19,20,21). The first-order valence-corrected chi connectivity index (χ1v) is 14.5. The number of benzene rings is 2. The van der Waals surface area contributed by atoms with Crippen LogP contribution in [0.2, 0.25) is 0 Å². The number of fused-ring (bicyclic) bond motifs is 4. The third kappa shape index (κ3) is 5.44. The molecule has 0 spiro atoms. The third-order valence-corrected chi connectivity index (χ3v) is 7.75. The van der Waals surface area contributed by atoms with Crippen LogP contribution in [-0.2, 0) is 13.1 Å². The lowest BCUT2D eigenvalue weighted by molar-refractivity contribution is 0.0698. The molecule has 2 aliphatic rings. The minimum absolute atomic E-state index is 0.0197. The van der Waals surface area contributed by atoms with E-state index in [-0.39, 0.29) is 28.7 Å². The summed E-state index contributed by atoms with van der Waals surface area (Å²) in [7, 11) is 3.33. The zero-order valence-electron chi connectivity index (χ0n) is 25.3. The first kappa shape index (κ1) is 30.1. The van der Waals surface area contributed by atoms with Crippen molar-refractivity contribution < 1.29 is 23.5 Å². The van der Waals surface area contributed by atoms with Crippen molar-refractivity contribution in [1.82, 2.24) is 34.8 Å². The first-order chi connectivity index (χ1) is 23.2. The van der Waals surface area contributed by atoms with Gasteiger partial charge in [0.15, 0.2) is 0 Å². The van der Waals surface area contributed by atoms with Crippen molar-refractivity contribution in [3.8, 4) is 0 Å². The van der Waals surface area contributed by atoms with Gasteiger partial charge in [0.2, 0.25) is 0 Å². The Morgan fingerprint density at radius 2 is 1.23 bits per heavy atom. The highest BCUT2D eigenvalue weighted by Crippen LogP contribution is 2.31. The van der Waals surface area contributed by atoms with Gasteiger partial charge in [0, 0.05) is 38.9 Å². The number of carboxylic acid groups (broad SMARTS) is 1. The molecule has 8 rings (SSSR count). The fourth-order valence-electron chi connectivity index (χ4n) is 5.40. The number of rotatable bonds is 6. The lowest BCUT2D eigenvalue weighted by Gasteiger charge is -2.12. The molecule has 0 saturated heterocycles. The summed E-state index contributed by atoms with van der Waals surface area (Å²) < 4.78 is 28.6. The molecule has 6 heterocycles. The van der Waals surface area contributed by atoms with Gasteiger partial charge in [0.1, 0.15) is 47.2 Å². The Kier molecular flexibility index (Phi) is 7.51. The Morgan fingerprint density at radius 3 is 1.71 bits per heavy atom. The zero-order valence-corrected chi connectivity index (χ0v) is 25.3. The number of H-pyrrole nitrogens is 2. The van der Waals surface area contributed by atoms with Crippen LogP contribution < -0.4 is 10.6 Å². The lowest BCUT2D eigenvalue weighted by atomic mass is 10.1. The Morgan fingerprint density at radius 1 is 0.750 bits per heavy atom. The molecule has 0 radical (unpaired) electrons. The van der Waals surface area contributed by atoms with Gasteiger partial charge in [-0.25, -0.2) is 33.5 Å². The predicted molar refractivity (Wildman–Crippen MR) is 175 cm³/mol. The highest BCUT2D eigenvalue weighted by atomic mass is 19.1. The van der Waals surface area contributed by atoms with Crippen LogP contribution in [0.5, 0.6) is 0 Å². The molecule has 1 amide bonds. The van der Waals surface area contributed by atoms with E-state index in [0.717, 1.165) is 22.3 Å². The molecule has 0 atom stereocenters. The summed E-state index contributed by atoms with van der Waals surface area (Å²) in [5.41, 5.74) is 5.15. The van der Waals surface area contributed by atoms with Gasteiger partial charge in [-0.15, -0.1) is 0 Å². The molecule has 2 aliphatic heterocycles. The maximum Gasteiger partial charge on any atom is 0.338 e. The molecular formula is C32H25F2N11O3. The van der Waals surface area contributed by atoms with Gasteiger partial charge in [-0.2, -0.15) is 0 Å². The van der Waals surface area contributed by atoms with Gasteiger partial charge in [0.25, 0.3) is 5.91 Å². The molecule has 14 nitrogen and oxygen atoms in total. The van der Waals surface area contributed by atoms with E-state index < -0.39 is 17.6 Å². The monoisotopic (exact) mass is 649 g/mol. The van der Waals surface area contributed by atoms with Crippen LogP contribution in [-0.4, -0.2) is 78.3 Å². The smallest absolute Gasteiger partial charge is 0.338 e. The Hall–Kier alpha value is -6.58. The summed E-state index contributed by atoms with van der Waals surface area (Å²) in [6, 6.07) is 6.20. The normalized spacial score (nSPS) is 12.5. The molecule has 0 bridgehead atoms. The fraction of sp³-hybridized carbons (Fsp3) is 0.125. The van der Waals surface area contributed by atoms with Crippen LogP contribution >= 0.6 is 0 Å². The van der Waals surface area contributed by atoms with Crippen molar-refractivity contribution in [3.63, 3.8) is 0 Å². The number of aromatic carboxylic acids is 1. The van der Waals surface area contributed by atoms with Crippen molar-refractivity contribution in [2.24, 2.45) is 9.98 Å². The average molecular weight is 650 g/mol. The number of halogens is 2. The van der Waals surface area contributed by atoms with E-state index in [4.69, 9.17) is 0 Å². The number of aliphatic imine (C=N–C) groups is 2. The second-order valence-electron chi connectivity index (χ2n) is 11.1. The van der Waals surface area contributed by atoms with Crippen LogP contribution in [0.25, 0.3) is 22.1 Å². The highest BCUT2D eigenvalue weighted by molar-refractivity contribution is 6.10. The predicted octanol–water partition coefficient (Wildman–Crippen LogP) is 4.95. The Bertz CT molecular complexity index is 2330. The van der Waals surface area contributed by atoms with Gasteiger partial charge < -0.3 is 30.6 Å². The summed E-state index contributed by atoms with van der Waals surface area (Å²) in [6.07, 6.45) is 8.94. The summed E-state index contributed by atoms with van der Waals surface area (Å²) >= 11 is 0. The molecule has 0 saturated carbocycles. The maximum atomic E-state index is 14.4. The molecular weight excluding hydrogens is 624 g/mol. The minimum Gasteiger partial charge on any atom is -0.478 e. The fourth-order valence-corrected chi connectivity index (χ4v) is 5.40. The van der Waals surface area contributed by atoms with E-state index in [1.54, 1.807) is 44.9 Å². The quantitative estimate of drug-likeness (QED) is 0.166. The third-order valence-electron chi connectivity index (χ3n) is 7.75. The molecule has 4 aromatic heterocycles. The topological polar surface area (TPSA) is 190 Å². The Labute approximate surface area is 269 Å². The van der Waals surface area contributed by atoms with Crippen molar-refractivity contribution >= 4 is 69.4 Å². The summed E-state index contributed by atoms with van der Waals surface area (Å²) in [5, 5.41) is 15.9. The van der Waals surface area contributed by atoms with E-state index in [2.05, 4.69) is 50.5 Å². The van der Waals surface area contributed by atoms with E-state index in [1.165, 1.54) is 35.9 Å². The molecule has 0 fully saturated rings. The average Bonchev–Trinajstić information content (AvgIpc) is 3.88. The minimum atomic E-state index is -1.12. The molecule has 2 aromatic carbocycles. The molecule has 0 unspecified atom stereocenters. The van der Waals surface area contributed by atoms with Gasteiger partial charge in [-0.05, 0) is 46.5 Å². The number of amides is 1. The van der Waals surface area contributed by atoms with Crippen molar-refractivity contribution in [2.45, 2.75) is 13.1 Å². The van der Waals surface area contributed by atoms with Gasteiger partial charge in [-0.3, -0.25) is 14.8 Å². The molecule has 0 aliphatic carbocycles.